The van der Waals surface area contributed by atoms with E-state index in [0.29, 0.717) is 0 Å². The average Bonchev–Trinajstić information content (AvgIpc) is 3.26. The number of rotatable bonds is 6. The van der Waals surface area contributed by atoms with Crippen LogP contribution < -0.4 is 26.5 Å². The molecular weight excluding hydrogens is 707 g/mol. The van der Waals surface area contributed by atoms with E-state index >= 15 is 0 Å². The highest BCUT2D eigenvalue weighted by molar-refractivity contribution is 7.85. The van der Waals surface area contributed by atoms with Gasteiger partial charge in [0.15, 0.2) is 17.8 Å². The number of hydrogen-bond acceptors (Lipinski definition) is 2. The van der Waals surface area contributed by atoms with Gasteiger partial charge in [0.2, 0.25) is 0 Å². The Hall–Kier alpha value is -5.91. The molecule has 0 heterocycles. The van der Waals surface area contributed by atoms with Crippen LogP contribution in [0.2, 0.25) is 0 Å². The van der Waals surface area contributed by atoms with Gasteiger partial charge in [-0.05, 0) is 68.3 Å². The molecule has 0 N–H and O–H groups in total. The lowest BCUT2D eigenvalue weighted by molar-refractivity contribution is 0.592. The van der Waals surface area contributed by atoms with E-state index in [-0.39, 0.29) is 0 Å². The fourth-order valence-electron chi connectivity index (χ4n) is 5.69. The lowest BCUT2D eigenvalue weighted by Gasteiger charge is -2.20. The van der Waals surface area contributed by atoms with Crippen LogP contribution in [0.5, 0.6) is 0 Å². The minimum atomic E-state index is -2.98. The summed E-state index contributed by atoms with van der Waals surface area (Å²) in [6.07, 6.45) is 0. The summed E-state index contributed by atoms with van der Waals surface area (Å²) in [5.74, 6) is 0. The monoisotopic (exact) mass is 753 g/mol. The molecule has 1 atom stereocenters. The predicted octanol–water partition coefficient (Wildman–Crippen LogP) is 11.8. The maximum Gasteiger partial charge on any atom is 0.415 e. The number of benzene rings is 8. The maximum atomic E-state index is 14.5. The molecular formula is C51H47O2P2+. The van der Waals surface area contributed by atoms with Gasteiger partial charge >= 0.3 is 7.80 Å². The molecule has 0 aliphatic rings. The molecule has 0 fully saturated rings. The first-order chi connectivity index (χ1) is 26.8. The first-order valence-electron chi connectivity index (χ1n) is 18.3. The van der Waals surface area contributed by atoms with Crippen LogP contribution in [-0.4, -0.2) is 0 Å². The summed E-state index contributed by atoms with van der Waals surface area (Å²) in [6.45, 7) is 6.25. The van der Waals surface area contributed by atoms with Crippen LogP contribution in [0.3, 0.4) is 0 Å². The van der Waals surface area contributed by atoms with E-state index in [1.807, 2.05) is 194 Å². The van der Waals surface area contributed by atoms with Gasteiger partial charge in [-0.2, -0.15) is 0 Å². The van der Waals surface area contributed by atoms with Crippen LogP contribution in [0.4, 0.5) is 0 Å². The van der Waals surface area contributed by atoms with Crippen LogP contribution >= 0.6 is 14.9 Å². The third-order valence-electron chi connectivity index (χ3n) is 8.72. The Morgan fingerprint density at radius 3 is 0.873 bits per heavy atom. The Morgan fingerprint density at radius 2 is 0.564 bits per heavy atom. The molecule has 0 saturated heterocycles. The summed E-state index contributed by atoms with van der Waals surface area (Å²) in [7, 11) is -4.59. The van der Waals surface area contributed by atoms with Gasteiger partial charge in [0, 0.05) is 15.9 Å². The Kier molecular flexibility index (Phi) is 15.5. The molecule has 55 heavy (non-hydrogen) atoms. The number of aryl methyl sites for hydroxylation is 3. The van der Waals surface area contributed by atoms with Crippen molar-refractivity contribution in [2.45, 2.75) is 20.8 Å². The Balaban J connectivity index is 0.000000221. The molecule has 8 rings (SSSR count). The summed E-state index contributed by atoms with van der Waals surface area (Å²) in [5.41, 5.74) is 6.02. The zero-order valence-electron chi connectivity index (χ0n) is 31.7. The smallest absolute Gasteiger partial charge is 0.309 e. The van der Waals surface area contributed by atoms with E-state index in [1.54, 1.807) is 0 Å². The van der Waals surface area contributed by atoms with Crippen LogP contribution in [0.1, 0.15) is 16.7 Å². The highest BCUT2D eigenvalue weighted by atomic mass is 31.2. The fraction of sp³-hybridized carbons (Fsp3) is 0.0588. The molecule has 1 unspecified atom stereocenters. The van der Waals surface area contributed by atoms with Crippen LogP contribution in [-0.2, 0) is 9.13 Å². The molecule has 8 aromatic rings. The standard InChI is InChI=1S/C30H23O2P2.3C7H8/c31-33(26-10-4-1-5-11-26)27-20-16-24(17-21-27)25-18-22-30(23-19-25)34(32,28-12-6-2-7-13-28)29-14-8-3-9-15-29;3*1-7-5-3-2-4-6-7/h1-23H;3*2-6H,1H3/q+1;;;. The second-order valence-electron chi connectivity index (χ2n) is 13.0. The molecule has 0 radical (unpaired) electrons. The summed E-state index contributed by atoms with van der Waals surface area (Å²) in [4.78, 5) is 0. The molecule has 0 aliphatic carbocycles. The van der Waals surface area contributed by atoms with E-state index in [4.69, 9.17) is 0 Å². The van der Waals surface area contributed by atoms with E-state index in [9.17, 15) is 9.13 Å². The van der Waals surface area contributed by atoms with Gasteiger partial charge < -0.3 is 4.57 Å². The van der Waals surface area contributed by atoms with Crippen molar-refractivity contribution in [1.29, 1.82) is 0 Å². The second-order valence-corrected chi connectivity index (χ2v) is 17.4. The average molecular weight is 754 g/mol. The van der Waals surface area contributed by atoms with Crippen molar-refractivity contribution in [2.75, 3.05) is 0 Å². The largest absolute Gasteiger partial charge is 0.415 e. The van der Waals surface area contributed by atoms with Gasteiger partial charge in [-0.1, -0.05) is 215 Å². The molecule has 272 valence electrons. The van der Waals surface area contributed by atoms with Gasteiger partial charge in [-0.15, -0.1) is 0 Å². The summed E-state index contributed by atoms with van der Waals surface area (Å²) in [5, 5.41) is 4.08. The molecule has 0 aromatic heterocycles. The summed E-state index contributed by atoms with van der Waals surface area (Å²) >= 11 is 0. The lowest BCUT2D eigenvalue weighted by Crippen LogP contribution is -2.24. The summed E-state index contributed by atoms with van der Waals surface area (Å²) in [6, 6.07) is 75.5. The highest BCUT2D eigenvalue weighted by Gasteiger charge is 2.29. The normalized spacial score (nSPS) is 10.6. The van der Waals surface area contributed by atoms with E-state index in [1.165, 1.54) is 16.7 Å². The molecule has 8 aromatic carbocycles. The minimum Gasteiger partial charge on any atom is -0.309 e. The van der Waals surface area contributed by atoms with Crippen molar-refractivity contribution in [3.8, 4) is 11.1 Å². The number of hydrogen-bond donors (Lipinski definition) is 0. The van der Waals surface area contributed by atoms with Crippen molar-refractivity contribution in [2.24, 2.45) is 0 Å². The van der Waals surface area contributed by atoms with E-state index < -0.39 is 14.9 Å². The van der Waals surface area contributed by atoms with Crippen molar-refractivity contribution in [1.82, 2.24) is 0 Å². The van der Waals surface area contributed by atoms with Gasteiger partial charge in [0.05, 0.1) is 0 Å². The minimum absolute atomic E-state index is 0.803. The van der Waals surface area contributed by atoms with Crippen molar-refractivity contribution >= 4 is 41.5 Å². The quantitative estimate of drug-likeness (QED) is 0.159. The highest BCUT2D eigenvalue weighted by Crippen LogP contribution is 2.42. The van der Waals surface area contributed by atoms with Crippen molar-refractivity contribution in [3.05, 3.63) is 247 Å². The molecule has 2 nitrogen and oxygen atoms in total. The van der Waals surface area contributed by atoms with Gasteiger partial charge in [0.1, 0.15) is 0 Å². The molecule has 4 heteroatoms. The van der Waals surface area contributed by atoms with E-state index in [0.717, 1.165) is 37.6 Å². The molecule has 0 aliphatic heterocycles. The summed E-state index contributed by atoms with van der Waals surface area (Å²) < 4.78 is 27.3. The van der Waals surface area contributed by atoms with Crippen LogP contribution in [0.15, 0.2) is 231 Å². The van der Waals surface area contributed by atoms with Gasteiger partial charge in [-0.3, -0.25) is 0 Å². The lowest BCUT2D eigenvalue weighted by atomic mass is 10.1. The molecule has 0 bridgehead atoms. The Labute approximate surface area is 328 Å². The molecule has 0 spiro atoms. The first kappa shape index (κ1) is 40.3. The van der Waals surface area contributed by atoms with Gasteiger partial charge in [-0.25, -0.2) is 0 Å². The Morgan fingerprint density at radius 1 is 0.309 bits per heavy atom. The second kappa shape index (κ2) is 21.1. The third-order valence-corrected chi connectivity index (χ3v) is 13.3. The fourth-order valence-corrected chi connectivity index (χ4v) is 9.50. The van der Waals surface area contributed by atoms with Crippen molar-refractivity contribution < 1.29 is 9.13 Å². The Bertz CT molecular complexity index is 2200. The topological polar surface area (TPSA) is 34.1 Å². The zero-order valence-corrected chi connectivity index (χ0v) is 33.4. The molecule has 0 saturated carbocycles. The van der Waals surface area contributed by atoms with Gasteiger partial charge in [0.25, 0.3) is 0 Å². The first-order valence-corrected chi connectivity index (χ1v) is 21.3. The maximum absolute atomic E-state index is 14.5. The predicted molar refractivity (Wildman–Crippen MR) is 238 cm³/mol. The SMILES string of the molecule is Cc1ccccc1.Cc1ccccc1.Cc1ccccc1.O=[P+](c1ccccc1)c1ccc(-c2ccc(P(=O)(c3ccccc3)c3ccccc3)cc2)cc1. The van der Waals surface area contributed by atoms with Crippen molar-refractivity contribution in [3.63, 3.8) is 0 Å². The van der Waals surface area contributed by atoms with E-state index in [2.05, 4.69) is 57.2 Å². The van der Waals surface area contributed by atoms with Crippen LogP contribution in [0, 0.1) is 20.8 Å². The molecule has 0 amide bonds. The van der Waals surface area contributed by atoms with Crippen LogP contribution in [0.25, 0.3) is 11.1 Å². The zero-order chi connectivity index (χ0) is 38.7. The third kappa shape index (κ3) is 12.0.